The third-order valence-electron chi connectivity index (χ3n) is 5.18. The molecule has 0 unspecified atom stereocenters. The minimum absolute atomic E-state index is 0.00634. The van der Waals surface area contributed by atoms with E-state index in [1.54, 1.807) is 11.7 Å². The summed E-state index contributed by atoms with van der Waals surface area (Å²) in [5.41, 5.74) is 6.01. The molecule has 1 saturated heterocycles. The van der Waals surface area contributed by atoms with Gasteiger partial charge in [0.25, 0.3) is 5.91 Å². The molecule has 11 heteroatoms. The van der Waals surface area contributed by atoms with Crippen molar-refractivity contribution in [1.29, 1.82) is 0 Å². The van der Waals surface area contributed by atoms with Crippen LogP contribution in [0.2, 0.25) is 0 Å². The predicted octanol–water partition coefficient (Wildman–Crippen LogP) is 3.21. The van der Waals surface area contributed by atoms with E-state index in [1.165, 1.54) is 18.7 Å². The van der Waals surface area contributed by atoms with Gasteiger partial charge in [-0.15, -0.1) is 0 Å². The Morgan fingerprint density at radius 1 is 1.39 bits per heavy atom. The number of carbonyl (C=O) groups excluding carboxylic acids is 1. The SMILES string of the molecule is Cn1ncc(NC(=O)c2nc(-c3c(F)cccc3F)sc2N)c1NCC[C@@H]1CCCN1. The molecule has 1 atom stereocenters. The van der Waals surface area contributed by atoms with Gasteiger partial charge in [0.1, 0.15) is 33.1 Å². The first kappa shape index (κ1) is 21.2. The van der Waals surface area contributed by atoms with Gasteiger partial charge in [-0.3, -0.25) is 9.48 Å². The number of thiazole rings is 1. The average molecular weight is 448 g/mol. The summed E-state index contributed by atoms with van der Waals surface area (Å²) in [7, 11) is 1.77. The Hall–Kier alpha value is -3.05. The topological polar surface area (TPSA) is 110 Å². The van der Waals surface area contributed by atoms with Gasteiger partial charge in [0, 0.05) is 19.6 Å². The maximum atomic E-state index is 14.1. The molecular weight excluding hydrogens is 424 g/mol. The molecule has 0 bridgehead atoms. The van der Waals surface area contributed by atoms with Crippen LogP contribution in [-0.4, -0.2) is 39.8 Å². The van der Waals surface area contributed by atoms with Gasteiger partial charge in [-0.25, -0.2) is 13.8 Å². The first-order valence-corrected chi connectivity index (χ1v) is 10.8. The van der Waals surface area contributed by atoms with E-state index in [0.717, 1.165) is 49.4 Å². The number of benzene rings is 1. The molecule has 0 aliphatic carbocycles. The van der Waals surface area contributed by atoms with E-state index in [-0.39, 0.29) is 21.3 Å². The van der Waals surface area contributed by atoms with Gasteiger partial charge in [0.15, 0.2) is 5.69 Å². The number of nitrogens with one attached hydrogen (secondary N) is 3. The average Bonchev–Trinajstić information content (AvgIpc) is 3.45. The van der Waals surface area contributed by atoms with Crippen LogP contribution in [0.1, 0.15) is 29.8 Å². The molecule has 1 aromatic carbocycles. The van der Waals surface area contributed by atoms with Crippen LogP contribution >= 0.6 is 11.3 Å². The highest BCUT2D eigenvalue weighted by Gasteiger charge is 2.23. The van der Waals surface area contributed by atoms with Crippen molar-refractivity contribution < 1.29 is 13.6 Å². The number of halogens is 2. The van der Waals surface area contributed by atoms with E-state index in [1.807, 2.05) is 0 Å². The zero-order valence-electron chi connectivity index (χ0n) is 16.9. The Morgan fingerprint density at radius 3 is 2.87 bits per heavy atom. The number of nitrogen functional groups attached to an aromatic ring is 1. The van der Waals surface area contributed by atoms with Crippen LogP contribution in [-0.2, 0) is 7.05 Å². The van der Waals surface area contributed by atoms with Crippen molar-refractivity contribution in [1.82, 2.24) is 20.1 Å². The molecule has 3 aromatic rings. The number of aryl methyl sites for hydroxylation is 1. The van der Waals surface area contributed by atoms with Crippen LogP contribution in [0.3, 0.4) is 0 Å². The van der Waals surface area contributed by atoms with Crippen LogP contribution in [0, 0.1) is 11.6 Å². The summed E-state index contributed by atoms with van der Waals surface area (Å²) in [5, 5.41) is 13.7. The van der Waals surface area contributed by atoms with Crippen LogP contribution in [0.25, 0.3) is 10.6 Å². The van der Waals surface area contributed by atoms with E-state index in [4.69, 9.17) is 5.73 Å². The van der Waals surface area contributed by atoms with Crippen LogP contribution in [0.15, 0.2) is 24.4 Å². The Labute approximate surface area is 181 Å². The summed E-state index contributed by atoms with van der Waals surface area (Å²) in [6, 6.07) is 4.01. The fraction of sp³-hybridized carbons (Fsp3) is 0.350. The monoisotopic (exact) mass is 447 g/mol. The lowest BCUT2D eigenvalue weighted by Crippen LogP contribution is -2.24. The number of nitrogens with two attached hydrogens (primary N) is 1. The summed E-state index contributed by atoms with van der Waals surface area (Å²) in [4.78, 5) is 16.9. The molecule has 4 rings (SSSR count). The molecule has 2 aromatic heterocycles. The summed E-state index contributed by atoms with van der Waals surface area (Å²) in [6.07, 6.45) is 4.82. The second kappa shape index (κ2) is 8.98. The zero-order valence-corrected chi connectivity index (χ0v) is 17.7. The normalized spacial score (nSPS) is 15.9. The van der Waals surface area contributed by atoms with E-state index in [2.05, 4.69) is 26.0 Å². The summed E-state index contributed by atoms with van der Waals surface area (Å²) in [6.45, 7) is 1.77. The third kappa shape index (κ3) is 4.52. The zero-order chi connectivity index (χ0) is 22.0. The van der Waals surface area contributed by atoms with Crippen molar-refractivity contribution in [3.05, 3.63) is 41.7 Å². The first-order chi connectivity index (χ1) is 14.9. The maximum Gasteiger partial charge on any atom is 0.277 e. The van der Waals surface area contributed by atoms with Crippen molar-refractivity contribution in [3.63, 3.8) is 0 Å². The van der Waals surface area contributed by atoms with Crippen LogP contribution < -0.4 is 21.7 Å². The highest BCUT2D eigenvalue weighted by atomic mass is 32.1. The number of nitrogens with zero attached hydrogens (tertiary/aromatic N) is 3. The predicted molar refractivity (Wildman–Crippen MR) is 117 cm³/mol. The van der Waals surface area contributed by atoms with Crippen molar-refractivity contribution in [3.8, 4) is 10.6 Å². The van der Waals surface area contributed by atoms with Crippen LogP contribution in [0.5, 0.6) is 0 Å². The molecule has 5 N–H and O–H groups in total. The van der Waals surface area contributed by atoms with E-state index in [9.17, 15) is 13.6 Å². The van der Waals surface area contributed by atoms with Gasteiger partial charge in [-0.1, -0.05) is 17.4 Å². The number of amides is 1. The first-order valence-electron chi connectivity index (χ1n) is 9.95. The lowest BCUT2D eigenvalue weighted by molar-refractivity contribution is 0.102. The Kier molecular flexibility index (Phi) is 6.14. The van der Waals surface area contributed by atoms with Crippen molar-refractivity contribution in [2.75, 3.05) is 29.5 Å². The fourth-order valence-corrected chi connectivity index (χ4v) is 4.47. The molecule has 1 aliphatic heterocycles. The molecule has 1 amide bonds. The molecule has 0 spiro atoms. The largest absolute Gasteiger partial charge is 0.389 e. The van der Waals surface area contributed by atoms with E-state index < -0.39 is 17.5 Å². The third-order valence-corrected chi connectivity index (χ3v) is 6.08. The van der Waals surface area contributed by atoms with Crippen LogP contribution in [0.4, 0.5) is 25.3 Å². The molecule has 31 heavy (non-hydrogen) atoms. The number of anilines is 3. The number of rotatable bonds is 7. The number of hydrogen-bond acceptors (Lipinski definition) is 7. The fourth-order valence-electron chi connectivity index (χ4n) is 3.59. The molecule has 0 saturated carbocycles. The Bertz CT molecular complexity index is 1070. The lowest BCUT2D eigenvalue weighted by Gasteiger charge is -2.13. The van der Waals surface area contributed by atoms with Gasteiger partial charge < -0.3 is 21.7 Å². The second-order valence-corrected chi connectivity index (χ2v) is 8.35. The standard InChI is InChI=1S/C20H23F2N7OS/c1-29-18(25-9-7-11-4-3-8-24-11)14(10-26-29)27-19(30)16-17(23)31-20(28-16)15-12(21)5-2-6-13(15)22/h2,5-6,10-11,24-25H,3-4,7-9,23H2,1H3,(H,27,30)/t11-/m0/s1. The molecule has 1 fully saturated rings. The van der Waals surface area contributed by atoms with Crippen molar-refractivity contribution in [2.45, 2.75) is 25.3 Å². The van der Waals surface area contributed by atoms with E-state index in [0.29, 0.717) is 17.5 Å². The highest BCUT2D eigenvalue weighted by Crippen LogP contribution is 2.34. The maximum absolute atomic E-state index is 14.1. The summed E-state index contributed by atoms with van der Waals surface area (Å²) in [5.74, 6) is -1.46. The van der Waals surface area contributed by atoms with Gasteiger partial charge in [-0.2, -0.15) is 5.10 Å². The van der Waals surface area contributed by atoms with Crippen molar-refractivity contribution >= 4 is 33.8 Å². The highest BCUT2D eigenvalue weighted by molar-refractivity contribution is 7.19. The summed E-state index contributed by atoms with van der Waals surface area (Å²) < 4.78 is 29.8. The quantitative estimate of drug-likeness (QED) is 0.443. The van der Waals surface area contributed by atoms with Gasteiger partial charge in [0.05, 0.1) is 11.8 Å². The van der Waals surface area contributed by atoms with Gasteiger partial charge in [-0.05, 0) is 37.9 Å². The van der Waals surface area contributed by atoms with Gasteiger partial charge in [0.2, 0.25) is 0 Å². The molecule has 164 valence electrons. The lowest BCUT2D eigenvalue weighted by atomic mass is 10.1. The molecule has 0 radical (unpaired) electrons. The number of aromatic nitrogens is 3. The summed E-state index contributed by atoms with van der Waals surface area (Å²) >= 11 is 0.854. The van der Waals surface area contributed by atoms with Gasteiger partial charge >= 0.3 is 0 Å². The number of hydrogen-bond donors (Lipinski definition) is 4. The minimum atomic E-state index is -0.767. The number of carbonyl (C=O) groups is 1. The second-order valence-electron chi connectivity index (χ2n) is 7.32. The smallest absolute Gasteiger partial charge is 0.277 e. The van der Waals surface area contributed by atoms with E-state index >= 15 is 0 Å². The molecule has 8 nitrogen and oxygen atoms in total. The molecule has 3 heterocycles. The van der Waals surface area contributed by atoms with Crippen molar-refractivity contribution in [2.24, 2.45) is 7.05 Å². The molecule has 1 aliphatic rings. The Balaban J connectivity index is 1.48. The molecular formula is C20H23F2N7OS. The minimum Gasteiger partial charge on any atom is -0.389 e. The Morgan fingerprint density at radius 2 is 2.16 bits per heavy atom.